The highest BCUT2D eigenvalue weighted by atomic mass is 32.2. The Hall–Kier alpha value is -2.46. The Morgan fingerprint density at radius 3 is 2.57 bits per heavy atom. The van der Waals surface area contributed by atoms with Crippen LogP contribution in [0.3, 0.4) is 0 Å². The van der Waals surface area contributed by atoms with E-state index in [1.54, 1.807) is 21.0 Å². The zero-order valence-corrected chi connectivity index (χ0v) is 17.2. The molecule has 1 aliphatic heterocycles. The molecule has 0 bridgehead atoms. The summed E-state index contributed by atoms with van der Waals surface area (Å²) in [4.78, 5) is 37.9. The number of rotatable bonds is 8. The quantitative estimate of drug-likeness (QED) is 0.622. The van der Waals surface area contributed by atoms with Gasteiger partial charge in [0.05, 0.1) is 12.1 Å². The van der Waals surface area contributed by atoms with Crippen molar-refractivity contribution in [2.75, 3.05) is 33.9 Å². The van der Waals surface area contributed by atoms with E-state index in [4.69, 9.17) is 4.74 Å². The molecule has 10 heteroatoms. The average Bonchev–Trinajstić information content (AvgIpc) is 2.83. The second-order valence-corrected chi connectivity index (χ2v) is 8.55. The third-order valence-electron chi connectivity index (χ3n) is 4.24. The normalized spacial score (nSPS) is 14.9. The summed E-state index contributed by atoms with van der Waals surface area (Å²) in [5.74, 6) is -1.45. The number of likely N-dealkylation sites (N-methyl/N-ethyl adjacent to an activating group) is 1. The number of benzene rings is 1. The zero-order valence-electron chi connectivity index (χ0n) is 16.4. The van der Waals surface area contributed by atoms with Crippen LogP contribution in [0.25, 0.3) is 0 Å². The second-order valence-electron chi connectivity index (χ2n) is 6.77. The van der Waals surface area contributed by atoms with Crippen molar-refractivity contribution in [2.45, 2.75) is 31.2 Å². The number of nitrogens with zero attached hydrogens (tertiary/aromatic N) is 2. The van der Waals surface area contributed by atoms with Crippen LogP contribution in [0.15, 0.2) is 23.1 Å². The van der Waals surface area contributed by atoms with Gasteiger partial charge in [-0.3, -0.25) is 14.4 Å². The average molecular weight is 411 g/mol. The summed E-state index contributed by atoms with van der Waals surface area (Å²) in [6.45, 7) is 3.98. The molecule has 0 fully saturated rings. The van der Waals surface area contributed by atoms with Gasteiger partial charge in [-0.1, -0.05) is 0 Å². The molecule has 0 unspecified atom stereocenters. The molecule has 28 heavy (non-hydrogen) atoms. The molecule has 3 amide bonds. The molecule has 0 spiro atoms. The molecule has 1 heterocycles. The summed E-state index contributed by atoms with van der Waals surface area (Å²) in [6.07, 6.45) is 0.656. The van der Waals surface area contributed by atoms with Gasteiger partial charge in [-0.25, -0.2) is 12.7 Å². The first-order valence-corrected chi connectivity index (χ1v) is 10.3. The maximum Gasteiger partial charge on any atom is 0.269 e. The number of carbonyl (C=O) groups excluding carboxylic acids is 3. The monoisotopic (exact) mass is 411 g/mol. The zero-order chi connectivity index (χ0) is 21.1. The van der Waals surface area contributed by atoms with E-state index in [0.29, 0.717) is 19.6 Å². The van der Waals surface area contributed by atoms with Crippen molar-refractivity contribution in [2.24, 2.45) is 0 Å². The van der Waals surface area contributed by atoms with Crippen molar-refractivity contribution < 1.29 is 27.5 Å². The van der Waals surface area contributed by atoms with Crippen LogP contribution in [0, 0.1) is 0 Å². The number of hydrogen-bond acceptors (Lipinski definition) is 6. The summed E-state index contributed by atoms with van der Waals surface area (Å²) < 4.78 is 31.0. The first kappa shape index (κ1) is 21.8. The number of sulfonamides is 1. The highest BCUT2D eigenvalue weighted by Gasteiger charge is 2.43. The molecule has 154 valence electrons. The van der Waals surface area contributed by atoms with E-state index in [1.165, 1.54) is 30.1 Å². The van der Waals surface area contributed by atoms with Gasteiger partial charge in [0.1, 0.15) is 4.90 Å². The van der Waals surface area contributed by atoms with Gasteiger partial charge in [-0.05, 0) is 38.5 Å². The molecule has 1 aromatic carbocycles. The smallest absolute Gasteiger partial charge is 0.269 e. The van der Waals surface area contributed by atoms with Gasteiger partial charge < -0.3 is 15.0 Å². The Balaban J connectivity index is 2.14. The minimum absolute atomic E-state index is 0.0452. The molecule has 9 nitrogen and oxygen atoms in total. The lowest BCUT2D eigenvalue weighted by Gasteiger charge is -2.19. The van der Waals surface area contributed by atoms with Gasteiger partial charge in [-0.15, -0.1) is 0 Å². The molecule has 0 radical (unpaired) electrons. The highest BCUT2D eigenvalue weighted by Crippen LogP contribution is 2.32. The maximum atomic E-state index is 12.6. The van der Waals surface area contributed by atoms with Gasteiger partial charge >= 0.3 is 0 Å². The second kappa shape index (κ2) is 8.70. The molecule has 2 rings (SSSR count). The third-order valence-corrected chi connectivity index (χ3v) is 6.24. The van der Waals surface area contributed by atoms with Gasteiger partial charge in [0.2, 0.25) is 5.91 Å². The fourth-order valence-electron chi connectivity index (χ4n) is 2.90. The number of carbonyl (C=O) groups is 3. The van der Waals surface area contributed by atoms with Crippen LogP contribution in [0.4, 0.5) is 0 Å². The van der Waals surface area contributed by atoms with Crippen molar-refractivity contribution in [1.82, 2.24) is 14.5 Å². The molecule has 0 aromatic heterocycles. The van der Waals surface area contributed by atoms with Crippen LogP contribution in [-0.4, -0.2) is 75.2 Å². The van der Waals surface area contributed by atoms with Crippen LogP contribution < -0.4 is 5.32 Å². The number of hydrogen-bond donors (Lipinski definition) is 1. The van der Waals surface area contributed by atoms with Crippen LogP contribution >= 0.6 is 0 Å². The molecule has 1 aliphatic rings. The molecular formula is C18H25N3O6S. The van der Waals surface area contributed by atoms with E-state index in [1.807, 2.05) is 0 Å². The van der Waals surface area contributed by atoms with E-state index in [2.05, 4.69) is 5.32 Å². The molecule has 1 N–H and O–H groups in total. The standard InChI is InChI=1S/C18H25N3O6S/c1-12(2)21-18(24)14-7-6-13(10-15(14)28(21,25)26)17(23)20(3)11-16(22)19-8-5-9-27-4/h6-7,10,12H,5,8-9,11H2,1-4H3,(H,19,22). The predicted molar refractivity (Wildman–Crippen MR) is 101 cm³/mol. The van der Waals surface area contributed by atoms with Gasteiger partial charge in [0, 0.05) is 38.9 Å². The topological polar surface area (TPSA) is 113 Å². The molecule has 0 saturated carbocycles. The van der Waals surface area contributed by atoms with Crippen LogP contribution in [0.5, 0.6) is 0 Å². The Kier molecular flexibility index (Phi) is 6.78. The van der Waals surface area contributed by atoms with Crippen LogP contribution in [0.2, 0.25) is 0 Å². The highest BCUT2D eigenvalue weighted by molar-refractivity contribution is 7.90. The first-order valence-electron chi connectivity index (χ1n) is 8.85. The van der Waals surface area contributed by atoms with Crippen molar-refractivity contribution in [3.8, 4) is 0 Å². The van der Waals surface area contributed by atoms with E-state index in [0.717, 1.165) is 4.31 Å². The van der Waals surface area contributed by atoms with Gasteiger partial charge in [-0.2, -0.15) is 0 Å². The van der Waals surface area contributed by atoms with Crippen LogP contribution in [-0.2, 0) is 19.6 Å². The van der Waals surface area contributed by atoms with E-state index >= 15 is 0 Å². The number of amides is 3. The maximum absolute atomic E-state index is 12.6. The molecule has 0 saturated heterocycles. The number of ether oxygens (including phenoxy) is 1. The van der Waals surface area contributed by atoms with E-state index in [9.17, 15) is 22.8 Å². The molecule has 0 aliphatic carbocycles. The van der Waals surface area contributed by atoms with E-state index < -0.39 is 27.9 Å². The molecule has 0 atom stereocenters. The molecule has 1 aromatic rings. The van der Waals surface area contributed by atoms with Crippen molar-refractivity contribution >= 4 is 27.7 Å². The Morgan fingerprint density at radius 2 is 1.96 bits per heavy atom. The van der Waals surface area contributed by atoms with Gasteiger partial charge in [0.15, 0.2) is 0 Å². The Labute approximate surface area is 164 Å². The minimum Gasteiger partial charge on any atom is -0.385 e. The third kappa shape index (κ3) is 4.33. The lowest BCUT2D eigenvalue weighted by molar-refractivity contribution is -0.121. The Morgan fingerprint density at radius 1 is 1.29 bits per heavy atom. The largest absolute Gasteiger partial charge is 0.385 e. The first-order chi connectivity index (χ1) is 13.1. The SMILES string of the molecule is COCCCNC(=O)CN(C)C(=O)c1ccc2c(c1)S(=O)(=O)N(C(C)C)C2=O. The number of methoxy groups -OCH3 is 1. The number of fused-ring (bicyclic) bond motifs is 1. The minimum atomic E-state index is -4.00. The summed E-state index contributed by atoms with van der Waals surface area (Å²) in [6, 6.07) is 3.39. The lowest BCUT2D eigenvalue weighted by atomic mass is 10.1. The fourth-order valence-corrected chi connectivity index (χ4v) is 4.69. The Bertz CT molecular complexity index is 881. The lowest BCUT2D eigenvalue weighted by Crippen LogP contribution is -2.38. The summed E-state index contributed by atoms with van der Waals surface area (Å²) in [7, 11) is -0.978. The molecular weight excluding hydrogens is 386 g/mol. The summed E-state index contributed by atoms with van der Waals surface area (Å²) in [5.41, 5.74) is 0.138. The van der Waals surface area contributed by atoms with Crippen molar-refractivity contribution in [1.29, 1.82) is 0 Å². The van der Waals surface area contributed by atoms with E-state index in [-0.39, 0.29) is 28.5 Å². The summed E-state index contributed by atoms with van der Waals surface area (Å²) in [5, 5.41) is 2.67. The summed E-state index contributed by atoms with van der Waals surface area (Å²) >= 11 is 0. The van der Waals surface area contributed by atoms with Gasteiger partial charge in [0.25, 0.3) is 21.8 Å². The van der Waals surface area contributed by atoms with Crippen molar-refractivity contribution in [3.63, 3.8) is 0 Å². The predicted octanol–water partition coefficient (Wildman–Crippen LogP) is 0.464. The fraction of sp³-hybridized carbons (Fsp3) is 0.500. The number of nitrogens with one attached hydrogen (secondary N) is 1. The van der Waals surface area contributed by atoms with Crippen molar-refractivity contribution in [3.05, 3.63) is 29.3 Å². The van der Waals surface area contributed by atoms with Crippen LogP contribution in [0.1, 0.15) is 41.0 Å².